The molecule has 0 amide bonds. The second-order valence-corrected chi connectivity index (χ2v) is 10.4. The van der Waals surface area contributed by atoms with Gasteiger partial charge in [-0.2, -0.15) is 9.90 Å². The highest BCUT2D eigenvalue weighted by molar-refractivity contribution is 6.36. The molecule has 2 atom stereocenters. The molecule has 3 heterocycles. The summed E-state index contributed by atoms with van der Waals surface area (Å²) in [5, 5.41) is 29.8. The first-order chi connectivity index (χ1) is 18.7. The topological polar surface area (TPSA) is 101 Å². The number of nitrogens with zero attached hydrogens (tertiary/aromatic N) is 9. The highest BCUT2D eigenvalue weighted by Gasteiger charge is 2.41. The first-order valence-electron chi connectivity index (χ1n) is 12.4. The number of halogens is 4. The summed E-state index contributed by atoms with van der Waals surface area (Å²) in [6, 6.07) is 7.70. The Morgan fingerprint density at radius 1 is 1.08 bits per heavy atom. The van der Waals surface area contributed by atoms with Crippen LogP contribution in [0.25, 0.3) is 0 Å². The molecular weight excluding hydrogens is 551 g/mol. The van der Waals surface area contributed by atoms with Crippen molar-refractivity contribution in [2.45, 2.75) is 31.5 Å². The largest absolute Gasteiger partial charge is 0.381 e. The number of tetrazole rings is 1. The van der Waals surface area contributed by atoms with Crippen molar-refractivity contribution in [2.24, 2.45) is 0 Å². The van der Waals surface area contributed by atoms with Gasteiger partial charge in [0, 0.05) is 55.8 Å². The standard InChI is InChI=1S/C25H27Cl2F2N9O/c1-17(25(39,14-37-16-30-15-31-37)20-4-3-19(28)13-22(20)29)38-33-24(32-34-38)6-7-35-8-10-36(11-9-35)23-5-2-18(26)12-21(23)27/h2-5,12-13,15-17,39H,6-11,14H2,1H3. The smallest absolute Gasteiger partial charge is 0.176 e. The summed E-state index contributed by atoms with van der Waals surface area (Å²) >= 11 is 12.4. The van der Waals surface area contributed by atoms with E-state index in [1.54, 1.807) is 13.0 Å². The lowest BCUT2D eigenvalue weighted by molar-refractivity contribution is -0.0418. The highest BCUT2D eigenvalue weighted by Crippen LogP contribution is 2.36. The SMILES string of the molecule is CC(n1nnc(CCN2CCN(c3ccc(Cl)cc3Cl)CC2)n1)C(O)(Cn1cncn1)c1ccc(F)cc1F. The van der Waals surface area contributed by atoms with Gasteiger partial charge in [0.1, 0.15) is 35.9 Å². The molecule has 5 rings (SSSR count). The third kappa shape index (κ3) is 6.03. The van der Waals surface area contributed by atoms with E-state index in [2.05, 4.69) is 35.3 Å². The summed E-state index contributed by atoms with van der Waals surface area (Å²) in [6.07, 6.45) is 3.25. The third-order valence-electron chi connectivity index (χ3n) is 7.05. The van der Waals surface area contributed by atoms with Crippen LogP contribution in [0, 0.1) is 11.6 Å². The van der Waals surface area contributed by atoms with E-state index in [-0.39, 0.29) is 12.1 Å². The van der Waals surface area contributed by atoms with Crippen molar-refractivity contribution >= 4 is 28.9 Å². The minimum absolute atomic E-state index is 0.107. The molecule has 4 aromatic rings. The lowest BCUT2D eigenvalue weighted by atomic mass is 9.86. The monoisotopic (exact) mass is 577 g/mol. The average Bonchev–Trinajstić information content (AvgIpc) is 3.60. The van der Waals surface area contributed by atoms with E-state index < -0.39 is 23.3 Å². The van der Waals surface area contributed by atoms with E-state index in [1.807, 2.05) is 12.1 Å². The maximum atomic E-state index is 14.8. The van der Waals surface area contributed by atoms with Crippen LogP contribution in [-0.2, 0) is 18.6 Å². The molecule has 1 saturated heterocycles. The summed E-state index contributed by atoms with van der Waals surface area (Å²) < 4.78 is 29.8. The van der Waals surface area contributed by atoms with Gasteiger partial charge in [-0.3, -0.25) is 4.90 Å². The second kappa shape index (κ2) is 11.5. The van der Waals surface area contributed by atoms with Gasteiger partial charge in [-0.15, -0.1) is 10.2 Å². The Bertz CT molecular complexity index is 1410. The molecule has 0 radical (unpaired) electrons. The van der Waals surface area contributed by atoms with Crippen molar-refractivity contribution in [3.63, 3.8) is 0 Å². The summed E-state index contributed by atoms with van der Waals surface area (Å²) in [7, 11) is 0. The Kier molecular flexibility index (Phi) is 8.08. The normalized spacial score (nSPS) is 16.8. The van der Waals surface area contributed by atoms with Crippen LogP contribution in [0.1, 0.15) is 24.4 Å². The van der Waals surface area contributed by atoms with Crippen molar-refractivity contribution in [1.29, 1.82) is 0 Å². The molecule has 0 spiro atoms. The predicted octanol–water partition coefficient (Wildman–Crippen LogP) is 3.36. The number of piperazine rings is 1. The minimum Gasteiger partial charge on any atom is -0.381 e. The molecule has 1 fully saturated rings. The van der Waals surface area contributed by atoms with E-state index in [0.717, 1.165) is 50.5 Å². The second-order valence-electron chi connectivity index (χ2n) is 9.52. The summed E-state index contributed by atoms with van der Waals surface area (Å²) in [4.78, 5) is 9.68. The number of aromatic nitrogens is 7. The van der Waals surface area contributed by atoms with Crippen LogP contribution in [-0.4, -0.2) is 77.7 Å². The molecule has 0 saturated carbocycles. The van der Waals surface area contributed by atoms with Gasteiger partial charge < -0.3 is 10.0 Å². The molecule has 1 aliphatic rings. The molecular formula is C25H27Cl2F2N9O. The van der Waals surface area contributed by atoms with Gasteiger partial charge in [-0.25, -0.2) is 18.4 Å². The number of benzene rings is 2. The predicted molar refractivity (Wildman–Crippen MR) is 142 cm³/mol. The van der Waals surface area contributed by atoms with E-state index in [4.69, 9.17) is 23.2 Å². The highest BCUT2D eigenvalue weighted by atomic mass is 35.5. The number of hydrogen-bond donors (Lipinski definition) is 1. The van der Waals surface area contributed by atoms with Crippen LogP contribution < -0.4 is 4.90 Å². The van der Waals surface area contributed by atoms with E-state index in [9.17, 15) is 13.9 Å². The van der Waals surface area contributed by atoms with E-state index in [1.165, 1.54) is 28.2 Å². The fraction of sp³-hybridized carbons (Fsp3) is 0.400. The molecule has 10 nitrogen and oxygen atoms in total. The number of hydrogen-bond acceptors (Lipinski definition) is 8. The number of aliphatic hydroxyl groups is 1. The van der Waals surface area contributed by atoms with Crippen LogP contribution in [0.3, 0.4) is 0 Å². The van der Waals surface area contributed by atoms with Gasteiger partial charge in [0.05, 0.1) is 17.3 Å². The molecule has 206 valence electrons. The first kappa shape index (κ1) is 27.4. The number of rotatable bonds is 9. The summed E-state index contributed by atoms with van der Waals surface area (Å²) in [5.41, 5.74) is -1.01. The lowest BCUT2D eigenvalue weighted by Crippen LogP contribution is -2.47. The van der Waals surface area contributed by atoms with Gasteiger partial charge in [0.15, 0.2) is 5.82 Å². The van der Waals surface area contributed by atoms with Crippen LogP contribution in [0.2, 0.25) is 10.0 Å². The van der Waals surface area contributed by atoms with E-state index in [0.29, 0.717) is 22.3 Å². The molecule has 0 bridgehead atoms. The first-order valence-corrected chi connectivity index (χ1v) is 13.2. The molecule has 2 aromatic heterocycles. The zero-order chi connectivity index (χ0) is 27.6. The Balaban J connectivity index is 1.24. The zero-order valence-corrected chi connectivity index (χ0v) is 22.6. The van der Waals surface area contributed by atoms with Crippen molar-refractivity contribution in [3.05, 3.63) is 82.1 Å². The van der Waals surface area contributed by atoms with Gasteiger partial charge >= 0.3 is 0 Å². The summed E-state index contributed by atoms with van der Waals surface area (Å²) in [6.45, 7) is 5.52. The van der Waals surface area contributed by atoms with Crippen molar-refractivity contribution in [1.82, 2.24) is 39.9 Å². The molecule has 2 unspecified atom stereocenters. The maximum Gasteiger partial charge on any atom is 0.176 e. The average molecular weight is 578 g/mol. The third-order valence-corrected chi connectivity index (χ3v) is 7.59. The molecule has 2 aromatic carbocycles. The van der Waals surface area contributed by atoms with Gasteiger partial charge in [-0.05, 0) is 36.4 Å². The van der Waals surface area contributed by atoms with Crippen LogP contribution in [0.15, 0.2) is 49.1 Å². The molecule has 39 heavy (non-hydrogen) atoms. The Morgan fingerprint density at radius 2 is 1.87 bits per heavy atom. The number of anilines is 1. The molecule has 0 aliphatic carbocycles. The van der Waals surface area contributed by atoms with Crippen LogP contribution in [0.4, 0.5) is 14.5 Å². The lowest BCUT2D eigenvalue weighted by Gasteiger charge is -2.36. The Morgan fingerprint density at radius 3 is 2.56 bits per heavy atom. The maximum absolute atomic E-state index is 14.8. The van der Waals surface area contributed by atoms with Gasteiger partial charge in [-0.1, -0.05) is 29.3 Å². The zero-order valence-electron chi connectivity index (χ0n) is 21.1. The fourth-order valence-electron chi connectivity index (χ4n) is 4.76. The van der Waals surface area contributed by atoms with Gasteiger partial charge in [0.25, 0.3) is 0 Å². The fourth-order valence-corrected chi connectivity index (χ4v) is 5.29. The summed E-state index contributed by atoms with van der Waals surface area (Å²) in [5.74, 6) is -1.14. The molecule has 1 aliphatic heterocycles. The van der Waals surface area contributed by atoms with Crippen molar-refractivity contribution < 1.29 is 13.9 Å². The molecule has 14 heteroatoms. The van der Waals surface area contributed by atoms with Crippen molar-refractivity contribution in [3.8, 4) is 0 Å². The van der Waals surface area contributed by atoms with Crippen molar-refractivity contribution in [2.75, 3.05) is 37.6 Å². The van der Waals surface area contributed by atoms with Crippen LogP contribution >= 0.6 is 23.2 Å². The molecule has 1 N–H and O–H groups in total. The van der Waals surface area contributed by atoms with Gasteiger partial charge in [0.2, 0.25) is 0 Å². The minimum atomic E-state index is -1.87. The van der Waals surface area contributed by atoms with E-state index >= 15 is 0 Å². The van der Waals surface area contributed by atoms with Crippen LogP contribution in [0.5, 0.6) is 0 Å². The Labute approximate surface area is 233 Å². The Hall–Kier alpha value is -3.19. The quantitative estimate of drug-likeness (QED) is 0.323.